The molecular formula is C22H37N3O5. The first kappa shape index (κ1) is 24.1. The van der Waals surface area contributed by atoms with E-state index in [1.807, 2.05) is 39.0 Å². The van der Waals surface area contributed by atoms with E-state index in [-0.39, 0.29) is 6.09 Å². The van der Waals surface area contributed by atoms with Crippen LogP contribution in [0.4, 0.5) is 10.5 Å². The zero-order valence-electron chi connectivity index (χ0n) is 19.3. The molecule has 0 spiro atoms. The molecule has 1 aromatic rings. The minimum Gasteiger partial charge on any atom is -0.494 e. The smallest absolute Gasteiger partial charge is 0.410 e. The zero-order chi connectivity index (χ0) is 22.1. The Morgan fingerprint density at radius 3 is 2.40 bits per heavy atom. The maximum absolute atomic E-state index is 12.1. The van der Waals surface area contributed by atoms with Crippen molar-refractivity contribution in [2.45, 2.75) is 26.4 Å². The number of amides is 1. The number of hydrogen-bond donors (Lipinski definition) is 0. The predicted octanol–water partition coefficient (Wildman–Crippen LogP) is 2.71. The Hall–Kier alpha value is -2.19. The fourth-order valence-electron chi connectivity index (χ4n) is 3.19. The molecule has 8 nitrogen and oxygen atoms in total. The lowest BCUT2D eigenvalue weighted by molar-refractivity contribution is 0.0282. The molecule has 0 aliphatic carbocycles. The van der Waals surface area contributed by atoms with Crippen molar-refractivity contribution in [2.24, 2.45) is 0 Å². The minimum absolute atomic E-state index is 0.279. The third kappa shape index (κ3) is 7.57. The van der Waals surface area contributed by atoms with E-state index in [2.05, 4.69) is 9.80 Å². The summed E-state index contributed by atoms with van der Waals surface area (Å²) in [6.45, 7) is 11.8. The Kier molecular flexibility index (Phi) is 9.05. The van der Waals surface area contributed by atoms with Gasteiger partial charge in [0, 0.05) is 59.5 Å². The van der Waals surface area contributed by atoms with Crippen LogP contribution in [0.25, 0.3) is 0 Å². The molecule has 0 N–H and O–H groups in total. The number of rotatable bonds is 9. The maximum Gasteiger partial charge on any atom is 0.410 e. The van der Waals surface area contributed by atoms with Crippen LogP contribution in [0.1, 0.15) is 20.8 Å². The van der Waals surface area contributed by atoms with Crippen LogP contribution in [-0.2, 0) is 9.47 Å². The molecule has 1 saturated heterocycles. The lowest BCUT2D eigenvalue weighted by Crippen LogP contribution is -2.49. The summed E-state index contributed by atoms with van der Waals surface area (Å²) in [5, 5.41) is 0. The summed E-state index contributed by atoms with van der Waals surface area (Å²) >= 11 is 0. The lowest BCUT2D eigenvalue weighted by atomic mass is 10.2. The average molecular weight is 424 g/mol. The lowest BCUT2D eigenvalue weighted by Gasteiger charge is -2.37. The second-order valence-corrected chi connectivity index (χ2v) is 8.41. The van der Waals surface area contributed by atoms with Crippen LogP contribution in [-0.4, -0.2) is 95.2 Å². The number of carbonyl (C=O) groups is 1. The second-order valence-electron chi connectivity index (χ2n) is 8.41. The van der Waals surface area contributed by atoms with Crippen molar-refractivity contribution in [3.05, 3.63) is 18.2 Å². The van der Waals surface area contributed by atoms with Gasteiger partial charge in [0.25, 0.3) is 0 Å². The van der Waals surface area contributed by atoms with Gasteiger partial charge in [-0.05, 0) is 32.9 Å². The van der Waals surface area contributed by atoms with Gasteiger partial charge in [-0.25, -0.2) is 4.79 Å². The van der Waals surface area contributed by atoms with Gasteiger partial charge in [0.2, 0.25) is 0 Å². The highest BCUT2D eigenvalue weighted by molar-refractivity contribution is 5.67. The third-order valence-electron chi connectivity index (χ3n) is 4.88. The monoisotopic (exact) mass is 423 g/mol. The highest BCUT2D eigenvalue weighted by atomic mass is 16.6. The first-order valence-corrected chi connectivity index (χ1v) is 10.4. The number of nitrogens with zero attached hydrogens (tertiary/aromatic N) is 3. The van der Waals surface area contributed by atoms with Crippen LogP contribution in [0.15, 0.2) is 18.2 Å². The fraction of sp³-hybridized carbons (Fsp3) is 0.682. The van der Waals surface area contributed by atoms with E-state index >= 15 is 0 Å². The standard InChI is InChI=1S/C22H37N3O5/c1-22(2,3)30-21(26)23(4)9-10-24-11-13-25(14-12-24)19-8-7-18(17-20(19)28-6)29-16-15-27-5/h7-8,17H,9-16H2,1-6H3. The second kappa shape index (κ2) is 11.3. The predicted molar refractivity (Wildman–Crippen MR) is 118 cm³/mol. The topological polar surface area (TPSA) is 63.7 Å². The van der Waals surface area contributed by atoms with Crippen molar-refractivity contribution < 1.29 is 23.7 Å². The fourth-order valence-corrected chi connectivity index (χ4v) is 3.19. The highest BCUT2D eigenvalue weighted by Gasteiger charge is 2.23. The van der Waals surface area contributed by atoms with E-state index in [1.54, 1.807) is 26.2 Å². The molecular weight excluding hydrogens is 386 g/mol. The minimum atomic E-state index is -0.472. The molecule has 1 aliphatic rings. The van der Waals surface area contributed by atoms with Crippen molar-refractivity contribution in [2.75, 3.05) is 78.6 Å². The van der Waals surface area contributed by atoms with Gasteiger partial charge in [-0.1, -0.05) is 0 Å². The summed E-state index contributed by atoms with van der Waals surface area (Å²) in [6, 6.07) is 5.94. The molecule has 0 radical (unpaired) electrons. The van der Waals surface area contributed by atoms with Crippen molar-refractivity contribution in [1.82, 2.24) is 9.80 Å². The molecule has 30 heavy (non-hydrogen) atoms. The van der Waals surface area contributed by atoms with Gasteiger partial charge in [0.15, 0.2) is 0 Å². The summed E-state index contributed by atoms with van der Waals surface area (Å²) in [7, 11) is 5.12. The van der Waals surface area contributed by atoms with Gasteiger partial charge in [-0.3, -0.25) is 4.90 Å². The van der Waals surface area contributed by atoms with Gasteiger partial charge in [-0.15, -0.1) is 0 Å². The average Bonchev–Trinajstić information content (AvgIpc) is 2.71. The zero-order valence-corrected chi connectivity index (χ0v) is 19.3. The van der Waals surface area contributed by atoms with Crippen LogP contribution < -0.4 is 14.4 Å². The Labute approximate surface area is 180 Å². The number of hydrogen-bond acceptors (Lipinski definition) is 7. The van der Waals surface area contributed by atoms with Crippen LogP contribution in [0.3, 0.4) is 0 Å². The van der Waals surface area contributed by atoms with Crippen molar-refractivity contribution >= 4 is 11.8 Å². The van der Waals surface area contributed by atoms with E-state index in [9.17, 15) is 4.79 Å². The largest absolute Gasteiger partial charge is 0.494 e. The normalized spacial score (nSPS) is 15.1. The van der Waals surface area contributed by atoms with E-state index in [0.29, 0.717) is 19.8 Å². The van der Waals surface area contributed by atoms with Crippen molar-refractivity contribution in [3.63, 3.8) is 0 Å². The maximum atomic E-state index is 12.1. The van der Waals surface area contributed by atoms with Gasteiger partial charge in [0.05, 0.1) is 19.4 Å². The molecule has 0 saturated carbocycles. The number of piperazine rings is 1. The molecule has 1 fully saturated rings. The summed E-state index contributed by atoms with van der Waals surface area (Å²) in [5.41, 5.74) is 0.600. The Bertz CT molecular complexity index is 669. The van der Waals surface area contributed by atoms with E-state index < -0.39 is 5.60 Å². The van der Waals surface area contributed by atoms with Crippen LogP contribution in [0.5, 0.6) is 11.5 Å². The summed E-state index contributed by atoms with van der Waals surface area (Å²) < 4.78 is 21.7. The first-order chi connectivity index (χ1) is 14.2. The molecule has 2 rings (SSSR count). The number of likely N-dealkylation sites (N-methyl/N-ethyl adjacent to an activating group) is 1. The van der Waals surface area contributed by atoms with Gasteiger partial charge in [-0.2, -0.15) is 0 Å². The molecule has 1 aliphatic heterocycles. The molecule has 8 heteroatoms. The van der Waals surface area contributed by atoms with Gasteiger partial charge < -0.3 is 28.7 Å². The molecule has 0 bridgehead atoms. The third-order valence-corrected chi connectivity index (χ3v) is 4.88. The molecule has 1 amide bonds. The molecule has 0 unspecified atom stereocenters. The summed E-state index contributed by atoms with van der Waals surface area (Å²) in [6.07, 6.45) is -0.279. The first-order valence-electron chi connectivity index (χ1n) is 10.4. The number of benzene rings is 1. The number of anilines is 1. The summed E-state index contributed by atoms with van der Waals surface area (Å²) in [4.78, 5) is 18.4. The van der Waals surface area contributed by atoms with Crippen LogP contribution >= 0.6 is 0 Å². The van der Waals surface area contributed by atoms with Crippen LogP contribution in [0, 0.1) is 0 Å². The molecule has 1 heterocycles. The van der Waals surface area contributed by atoms with Crippen molar-refractivity contribution in [3.8, 4) is 11.5 Å². The van der Waals surface area contributed by atoms with Gasteiger partial charge >= 0.3 is 6.09 Å². The highest BCUT2D eigenvalue weighted by Crippen LogP contribution is 2.32. The van der Waals surface area contributed by atoms with Gasteiger partial charge in [0.1, 0.15) is 23.7 Å². The molecule has 0 atom stereocenters. The van der Waals surface area contributed by atoms with Crippen LogP contribution in [0.2, 0.25) is 0 Å². The number of carbonyl (C=O) groups excluding carboxylic acids is 1. The Morgan fingerprint density at radius 2 is 1.80 bits per heavy atom. The molecule has 0 aromatic heterocycles. The molecule has 170 valence electrons. The Morgan fingerprint density at radius 1 is 1.10 bits per heavy atom. The molecule has 1 aromatic carbocycles. The van der Waals surface area contributed by atoms with E-state index in [1.165, 1.54) is 0 Å². The van der Waals surface area contributed by atoms with Crippen molar-refractivity contribution in [1.29, 1.82) is 0 Å². The Balaban J connectivity index is 1.83. The van der Waals surface area contributed by atoms with E-state index in [4.69, 9.17) is 18.9 Å². The summed E-state index contributed by atoms with van der Waals surface area (Å²) in [5.74, 6) is 1.58. The SMILES string of the molecule is COCCOc1ccc(N2CCN(CCN(C)C(=O)OC(C)(C)C)CC2)c(OC)c1. The number of methoxy groups -OCH3 is 2. The number of ether oxygens (including phenoxy) is 4. The van der Waals surface area contributed by atoms with E-state index in [0.717, 1.165) is 49.9 Å². The quantitative estimate of drug-likeness (QED) is 0.566.